The van der Waals surface area contributed by atoms with Crippen molar-refractivity contribution in [2.75, 3.05) is 6.54 Å². The van der Waals surface area contributed by atoms with Crippen LogP contribution in [0.15, 0.2) is 0 Å². The Bertz CT molecular complexity index is 327. The van der Waals surface area contributed by atoms with Crippen LogP contribution in [0.5, 0.6) is 0 Å². The van der Waals surface area contributed by atoms with E-state index in [-0.39, 0.29) is 17.9 Å². The van der Waals surface area contributed by atoms with Crippen LogP contribution in [0.25, 0.3) is 0 Å². The molecular formula is C15H26N2O. The third kappa shape index (κ3) is 2.07. The van der Waals surface area contributed by atoms with E-state index in [0.717, 1.165) is 24.3 Å². The molecule has 3 nitrogen and oxygen atoms in total. The van der Waals surface area contributed by atoms with Gasteiger partial charge in [-0.1, -0.05) is 13.8 Å². The average Bonchev–Trinajstić information content (AvgIpc) is 2.51. The van der Waals surface area contributed by atoms with E-state index in [0.29, 0.717) is 6.04 Å². The van der Waals surface area contributed by atoms with E-state index in [9.17, 15) is 4.79 Å². The van der Waals surface area contributed by atoms with E-state index in [1.54, 1.807) is 0 Å². The summed E-state index contributed by atoms with van der Waals surface area (Å²) in [5.74, 6) is 2.99. The van der Waals surface area contributed by atoms with E-state index in [2.05, 4.69) is 4.90 Å². The molecule has 102 valence electrons. The molecule has 4 aliphatic rings. The Morgan fingerprint density at radius 2 is 1.61 bits per heavy atom. The molecule has 2 saturated carbocycles. The molecule has 4 fully saturated rings. The SMILES string of the molecule is CC(C)[C@H](N)C(=O)N1CC2CC3CC(C2)CC1C3. The normalized spacial score (nSPS) is 40.1. The third-order valence-corrected chi connectivity index (χ3v) is 5.39. The Kier molecular flexibility index (Phi) is 3.13. The number of carbonyl (C=O) groups is 1. The maximum atomic E-state index is 12.6. The summed E-state index contributed by atoms with van der Waals surface area (Å²) in [7, 11) is 0. The van der Waals surface area contributed by atoms with Crippen molar-refractivity contribution in [3.63, 3.8) is 0 Å². The fraction of sp³-hybridized carbons (Fsp3) is 0.933. The second-order valence-corrected chi connectivity index (χ2v) is 7.19. The van der Waals surface area contributed by atoms with E-state index in [4.69, 9.17) is 5.73 Å². The van der Waals surface area contributed by atoms with Gasteiger partial charge in [0.25, 0.3) is 0 Å². The molecule has 0 aromatic heterocycles. The maximum absolute atomic E-state index is 12.6. The molecule has 4 bridgehead atoms. The molecule has 2 heterocycles. The van der Waals surface area contributed by atoms with Gasteiger partial charge in [-0.15, -0.1) is 0 Å². The van der Waals surface area contributed by atoms with E-state index >= 15 is 0 Å². The van der Waals surface area contributed by atoms with Crippen molar-refractivity contribution in [1.29, 1.82) is 0 Å². The van der Waals surface area contributed by atoms with Gasteiger partial charge in [0.1, 0.15) is 0 Å². The zero-order valence-corrected chi connectivity index (χ0v) is 11.6. The van der Waals surface area contributed by atoms with Crippen LogP contribution in [-0.2, 0) is 4.79 Å². The number of fused-ring (bicyclic) bond motifs is 1. The number of carbonyl (C=O) groups excluding carboxylic acids is 1. The third-order valence-electron chi connectivity index (χ3n) is 5.39. The average molecular weight is 250 g/mol. The first-order valence-electron chi connectivity index (χ1n) is 7.60. The molecule has 0 aromatic carbocycles. The predicted molar refractivity (Wildman–Crippen MR) is 71.9 cm³/mol. The summed E-state index contributed by atoms with van der Waals surface area (Å²) < 4.78 is 0. The molecule has 2 N–H and O–H groups in total. The minimum atomic E-state index is -0.305. The summed E-state index contributed by atoms with van der Waals surface area (Å²) in [6.07, 6.45) is 6.61. The predicted octanol–water partition coefficient (Wildman–Crippen LogP) is 2.01. The minimum absolute atomic E-state index is 0.211. The summed E-state index contributed by atoms with van der Waals surface area (Å²) in [4.78, 5) is 14.7. The van der Waals surface area contributed by atoms with E-state index < -0.39 is 0 Å². The Balaban J connectivity index is 1.79. The van der Waals surface area contributed by atoms with Gasteiger partial charge in [0.15, 0.2) is 0 Å². The monoisotopic (exact) mass is 250 g/mol. The van der Waals surface area contributed by atoms with Gasteiger partial charge in [0.05, 0.1) is 6.04 Å². The van der Waals surface area contributed by atoms with Crippen molar-refractivity contribution in [2.45, 2.75) is 58.0 Å². The van der Waals surface area contributed by atoms with Crippen LogP contribution >= 0.6 is 0 Å². The van der Waals surface area contributed by atoms with Crippen LogP contribution in [0.3, 0.4) is 0 Å². The largest absolute Gasteiger partial charge is 0.338 e. The zero-order chi connectivity index (χ0) is 12.9. The molecule has 18 heavy (non-hydrogen) atoms. The Morgan fingerprint density at radius 1 is 1.06 bits per heavy atom. The molecule has 0 aromatic rings. The van der Waals surface area contributed by atoms with Crippen LogP contribution in [0.2, 0.25) is 0 Å². The fourth-order valence-corrected chi connectivity index (χ4v) is 4.53. The van der Waals surface area contributed by atoms with Crippen LogP contribution < -0.4 is 5.73 Å². The van der Waals surface area contributed by atoms with Crippen molar-refractivity contribution in [2.24, 2.45) is 29.4 Å². The lowest BCUT2D eigenvalue weighted by atomic mass is 9.68. The first-order valence-corrected chi connectivity index (χ1v) is 7.60. The quantitative estimate of drug-likeness (QED) is 0.815. The highest BCUT2D eigenvalue weighted by Gasteiger charge is 2.44. The van der Waals surface area contributed by atoms with Gasteiger partial charge in [-0.3, -0.25) is 4.79 Å². The first-order chi connectivity index (χ1) is 8.54. The molecule has 4 rings (SSSR count). The topological polar surface area (TPSA) is 46.3 Å². The van der Waals surface area contributed by atoms with Crippen molar-refractivity contribution < 1.29 is 4.79 Å². The van der Waals surface area contributed by atoms with Gasteiger partial charge in [-0.25, -0.2) is 0 Å². The second-order valence-electron chi connectivity index (χ2n) is 7.19. The maximum Gasteiger partial charge on any atom is 0.240 e. The summed E-state index contributed by atoms with van der Waals surface area (Å²) in [6.45, 7) is 5.07. The van der Waals surface area contributed by atoms with E-state index in [1.807, 2.05) is 13.8 Å². The molecular weight excluding hydrogens is 224 g/mol. The van der Waals surface area contributed by atoms with Gasteiger partial charge in [-0.2, -0.15) is 0 Å². The highest BCUT2D eigenvalue weighted by atomic mass is 16.2. The fourth-order valence-electron chi connectivity index (χ4n) is 4.53. The van der Waals surface area contributed by atoms with Gasteiger partial charge in [0, 0.05) is 12.6 Å². The lowest BCUT2D eigenvalue weighted by molar-refractivity contribution is -0.136. The molecule has 1 amide bonds. The van der Waals surface area contributed by atoms with Gasteiger partial charge in [-0.05, 0) is 55.8 Å². The highest BCUT2D eigenvalue weighted by molar-refractivity contribution is 5.82. The van der Waals surface area contributed by atoms with Crippen molar-refractivity contribution in [3.8, 4) is 0 Å². The van der Waals surface area contributed by atoms with Crippen LogP contribution in [-0.4, -0.2) is 29.4 Å². The standard InChI is InChI=1S/C15H26N2O/c1-9(2)14(16)15(18)17-8-12-4-10-3-11(5-12)7-13(17)6-10/h9-14H,3-8,16H2,1-2H3/t10?,11?,12?,13?,14-/m0/s1. The van der Waals surface area contributed by atoms with Crippen LogP contribution in [0, 0.1) is 23.7 Å². The molecule has 0 spiro atoms. The zero-order valence-electron chi connectivity index (χ0n) is 11.6. The van der Waals surface area contributed by atoms with Crippen molar-refractivity contribution in [1.82, 2.24) is 4.90 Å². The summed E-state index contributed by atoms with van der Waals surface area (Å²) in [5, 5.41) is 0. The van der Waals surface area contributed by atoms with Gasteiger partial charge in [0.2, 0.25) is 5.91 Å². The summed E-state index contributed by atoms with van der Waals surface area (Å²) in [6, 6.07) is 0.194. The Labute approximate surface area is 110 Å². The van der Waals surface area contributed by atoms with E-state index in [1.165, 1.54) is 32.1 Å². The van der Waals surface area contributed by atoms with Crippen LogP contribution in [0.1, 0.15) is 46.0 Å². The van der Waals surface area contributed by atoms with Crippen molar-refractivity contribution >= 4 is 5.91 Å². The smallest absolute Gasteiger partial charge is 0.240 e. The van der Waals surface area contributed by atoms with Gasteiger partial charge < -0.3 is 10.6 Å². The number of hydrogen-bond acceptors (Lipinski definition) is 2. The Morgan fingerprint density at radius 3 is 2.17 bits per heavy atom. The molecule has 2 aliphatic heterocycles. The highest BCUT2D eigenvalue weighted by Crippen LogP contribution is 2.47. The lowest BCUT2D eigenvalue weighted by Crippen LogP contribution is -2.51. The molecule has 2 saturated heterocycles. The number of amides is 1. The van der Waals surface area contributed by atoms with Crippen molar-refractivity contribution in [3.05, 3.63) is 0 Å². The summed E-state index contributed by atoms with van der Waals surface area (Å²) >= 11 is 0. The minimum Gasteiger partial charge on any atom is -0.338 e. The number of nitrogens with two attached hydrogens (primary N) is 1. The van der Waals surface area contributed by atoms with Gasteiger partial charge >= 0.3 is 0 Å². The first kappa shape index (κ1) is 12.5. The molecule has 3 atom stereocenters. The second kappa shape index (κ2) is 4.52. The number of hydrogen-bond donors (Lipinski definition) is 1. The lowest BCUT2D eigenvalue weighted by Gasteiger charge is -2.39. The number of rotatable bonds is 2. The molecule has 2 unspecified atom stereocenters. The van der Waals surface area contributed by atoms with Crippen LogP contribution in [0.4, 0.5) is 0 Å². The molecule has 2 aliphatic carbocycles. The molecule has 3 heteroatoms. The molecule has 0 radical (unpaired) electrons. The Hall–Kier alpha value is -0.570. The summed E-state index contributed by atoms with van der Waals surface area (Å²) in [5.41, 5.74) is 6.08. The number of nitrogens with zero attached hydrogens (tertiary/aromatic N) is 1.